The molecule has 8 atom stereocenters. The maximum atomic E-state index is 14.0. The standard InChI is InChI=1S/C33H50BN3O4/c1-32(2)23-20-27(32)33(3)28(21-23)40-34(41-33)29(17-9-10-18-35)36-30(38)26-16-11-19-37(26)31(39)25-15-8-7-14-24(25)22-12-5-4-6-13-22/h4-6,12-13,23-29H,7-11,14-21,35H2,1-3H3,(H,36,38)/t23-,24+,25-,26-,27-,28?,29?,33?/m0/s1. The van der Waals surface area contributed by atoms with Gasteiger partial charge in [-0.3, -0.25) is 9.59 Å². The largest absolute Gasteiger partial charge is 0.481 e. The van der Waals surface area contributed by atoms with Crippen LogP contribution in [0.4, 0.5) is 0 Å². The van der Waals surface area contributed by atoms with Crippen molar-refractivity contribution in [3.05, 3.63) is 35.9 Å². The highest BCUT2D eigenvalue weighted by molar-refractivity contribution is 6.47. The summed E-state index contributed by atoms with van der Waals surface area (Å²) in [7, 11) is -0.465. The lowest BCUT2D eigenvalue weighted by atomic mass is 9.43. The number of nitrogens with one attached hydrogen (secondary N) is 1. The molecule has 4 saturated carbocycles. The van der Waals surface area contributed by atoms with Gasteiger partial charge in [-0.25, -0.2) is 0 Å². The quantitative estimate of drug-likeness (QED) is 0.332. The summed E-state index contributed by atoms with van der Waals surface area (Å²) < 4.78 is 13.4. The molecule has 4 aliphatic carbocycles. The number of likely N-dealkylation sites (tertiary alicyclic amines) is 1. The molecule has 0 radical (unpaired) electrons. The molecule has 2 heterocycles. The summed E-state index contributed by atoms with van der Waals surface area (Å²) in [5.74, 6) is 1.17. The van der Waals surface area contributed by atoms with E-state index in [1.54, 1.807) is 0 Å². The molecule has 7 rings (SSSR count). The molecule has 6 aliphatic rings. The van der Waals surface area contributed by atoms with Crippen molar-refractivity contribution < 1.29 is 18.9 Å². The molecule has 1 aromatic rings. The number of carbonyl (C=O) groups excluding carboxylic acids is 2. The highest BCUT2D eigenvalue weighted by atomic mass is 16.7. The van der Waals surface area contributed by atoms with Gasteiger partial charge in [-0.2, -0.15) is 0 Å². The fourth-order valence-corrected chi connectivity index (χ4v) is 9.18. The first-order valence-electron chi connectivity index (χ1n) is 16.4. The van der Waals surface area contributed by atoms with Crippen molar-refractivity contribution in [3.63, 3.8) is 0 Å². The number of hydrogen-bond donors (Lipinski definition) is 2. The van der Waals surface area contributed by atoms with E-state index in [9.17, 15) is 9.59 Å². The van der Waals surface area contributed by atoms with Crippen LogP contribution < -0.4 is 11.1 Å². The molecule has 8 heteroatoms. The lowest BCUT2D eigenvalue weighted by Gasteiger charge is -2.64. The Hall–Kier alpha value is -1.90. The van der Waals surface area contributed by atoms with Crippen LogP contribution in [-0.2, 0) is 18.9 Å². The highest BCUT2D eigenvalue weighted by Gasteiger charge is 2.68. The molecule has 7 nitrogen and oxygen atoms in total. The average Bonchev–Trinajstić information content (AvgIpc) is 3.61. The number of unbranched alkanes of at least 4 members (excludes halogenated alkanes) is 1. The molecule has 0 spiro atoms. The van der Waals surface area contributed by atoms with Crippen LogP contribution in [-0.4, -0.2) is 60.6 Å². The van der Waals surface area contributed by atoms with Gasteiger partial charge in [0.1, 0.15) is 6.04 Å². The van der Waals surface area contributed by atoms with E-state index < -0.39 is 13.2 Å². The van der Waals surface area contributed by atoms with Crippen LogP contribution >= 0.6 is 0 Å². The molecule has 41 heavy (non-hydrogen) atoms. The summed E-state index contributed by atoms with van der Waals surface area (Å²) in [5, 5.41) is 3.34. The average molecular weight is 564 g/mol. The van der Waals surface area contributed by atoms with Crippen molar-refractivity contribution in [3.8, 4) is 0 Å². The molecule has 2 aliphatic heterocycles. The first-order chi connectivity index (χ1) is 19.7. The summed E-state index contributed by atoms with van der Waals surface area (Å²) in [6.45, 7) is 8.24. The Morgan fingerprint density at radius 2 is 1.85 bits per heavy atom. The van der Waals surface area contributed by atoms with E-state index in [-0.39, 0.29) is 46.7 Å². The lowest BCUT2D eigenvalue weighted by Crippen LogP contribution is -2.65. The van der Waals surface area contributed by atoms with Crippen molar-refractivity contribution in [2.45, 2.75) is 121 Å². The minimum absolute atomic E-state index is 0.0562. The number of carbonyl (C=O) groups is 2. The van der Waals surface area contributed by atoms with E-state index >= 15 is 0 Å². The van der Waals surface area contributed by atoms with Gasteiger partial charge in [-0.1, -0.05) is 63.4 Å². The summed E-state index contributed by atoms with van der Waals surface area (Å²) in [4.78, 5) is 29.9. The zero-order valence-corrected chi connectivity index (χ0v) is 25.4. The highest BCUT2D eigenvalue weighted by Crippen LogP contribution is 2.65. The fourth-order valence-electron chi connectivity index (χ4n) is 9.18. The summed E-state index contributed by atoms with van der Waals surface area (Å²) in [6.07, 6.45) is 10.6. The predicted molar refractivity (Wildman–Crippen MR) is 161 cm³/mol. The second kappa shape index (κ2) is 11.7. The Bertz CT molecular complexity index is 1100. The van der Waals surface area contributed by atoms with Gasteiger partial charge >= 0.3 is 7.12 Å². The Labute approximate surface area is 246 Å². The smallest absolute Gasteiger partial charge is 0.404 e. The number of nitrogens with zero attached hydrogens (tertiary/aromatic N) is 1. The molecule has 2 amide bonds. The van der Waals surface area contributed by atoms with E-state index in [2.05, 4.69) is 50.4 Å². The van der Waals surface area contributed by atoms with Gasteiger partial charge in [0.25, 0.3) is 0 Å². The van der Waals surface area contributed by atoms with Gasteiger partial charge in [-0.15, -0.1) is 0 Å². The minimum Gasteiger partial charge on any atom is -0.404 e. The molecule has 0 aromatic heterocycles. The second-order valence-corrected chi connectivity index (χ2v) is 14.3. The van der Waals surface area contributed by atoms with Crippen molar-refractivity contribution in [2.75, 3.05) is 13.1 Å². The first kappa shape index (κ1) is 29.2. The van der Waals surface area contributed by atoms with E-state index in [4.69, 9.17) is 15.0 Å². The minimum atomic E-state index is -0.465. The van der Waals surface area contributed by atoms with Crippen LogP contribution in [0.2, 0.25) is 0 Å². The topological polar surface area (TPSA) is 93.9 Å². The SMILES string of the molecule is CC12OB(C(CCCCN)NC(=O)[C@@H]3CCCN3C(=O)[C@H]3CCCC[C@@H]3c3ccccc3)OC1C[C@@H]1C[C@H]2C1(C)C. The van der Waals surface area contributed by atoms with Crippen molar-refractivity contribution in [1.82, 2.24) is 10.2 Å². The van der Waals surface area contributed by atoms with Crippen LogP contribution in [0.15, 0.2) is 30.3 Å². The van der Waals surface area contributed by atoms with Crippen LogP contribution in [0.1, 0.15) is 103 Å². The zero-order valence-electron chi connectivity index (χ0n) is 25.4. The molecule has 3 N–H and O–H groups in total. The molecular formula is C33H50BN3O4. The maximum absolute atomic E-state index is 14.0. The van der Waals surface area contributed by atoms with Gasteiger partial charge in [-0.05, 0) is 93.6 Å². The molecular weight excluding hydrogens is 513 g/mol. The number of rotatable bonds is 9. The normalized spacial score (nSPS) is 36.4. The third-order valence-corrected chi connectivity index (χ3v) is 11.7. The van der Waals surface area contributed by atoms with Crippen LogP contribution in [0.25, 0.3) is 0 Å². The van der Waals surface area contributed by atoms with Crippen LogP contribution in [0.5, 0.6) is 0 Å². The molecule has 224 valence electrons. The molecule has 1 aromatic carbocycles. The zero-order chi connectivity index (χ0) is 28.8. The van der Waals surface area contributed by atoms with Crippen LogP contribution in [0.3, 0.4) is 0 Å². The third kappa shape index (κ3) is 5.27. The molecule has 3 unspecified atom stereocenters. The number of hydrogen-bond acceptors (Lipinski definition) is 5. The van der Waals surface area contributed by atoms with Gasteiger partial charge in [0.15, 0.2) is 0 Å². The number of benzene rings is 1. The van der Waals surface area contributed by atoms with Gasteiger partial charge < -0.3 is 25.3 Å². The Kier molecular flexibility index (Phi) is 8.29. The summed E-state index contributed by atoms with van der Waals surface area (Å²) in [6, 6.07) is 10.0. The van der Waals surface area contributed by atoms with E-state index in [0.717, 1.165) is 57.8 Å². The van der Waals surface area contributed by atoms with Crippen molar-refractivity contribution in [2.24, 2.45) is 28.9 Å². The number of nitrogens with two attached hydrogens (primary N) is 1. The van der Waals surface area contributed by atoms with E-state index in [1.807, 2.05) is 11.0 Å². The Balaban J connectivity index is 1.15. The lowest BCUT2D eigenvalue weighted by molar-refractivity contribution is -0.199. The maximum Gasteiger partial charge on any atom is 0.481 e. The molecule has 2 bridgehead atoms. The van der Waals surface area contributed by atoms with E-state index in [1.165, 1.54) is 12.0 Å². The van der Waals surface area contributed by atoms with Crippen molar-refractivity contribution >= 4 is 18.9 Å². The van der Waals surface area contributed by atoms with Crippen molar-refractivity contribution in [1.29, 1.82) is 0 Å². The van der Waals surface area contributed by atoms with Crippen LogP contribution in [0, 0.1) is 23.2 Å². The summed E-state index contributed by atoms with van der Waals surface area (Å²) >= 11 is 0. The second-order valence-electron chi connectivity index (χ2n) is 14.3. The van der Waals surface area contributed by atoms with Gasteiger partial charge in [0, 0.05) is 12.5 Å². The van der Waals surface area contributed by atoms with Gasteiger partial charge in [0.05, 0.1) is 17.6 Å². The van der Waals surface area contributed by atoms with E-state index in [0.29, 0.717) is 31.3 Å². The Morgan fingerprint density at radius 1 is 1.07 bits per heavy atom. The Morgan fingerprint density at radius 3 is 2.61 bits per heavy atom. The molecule has 2 saturated heterocycles. The summed E-state index contributed by atoms with van der Waals surface area (Å²) in [5.41, 5.74) is 7.02. The fraction of sp³-hybridized carbons (Fsp3) is 0.758. The third-order valence-electron chi connectivity index (χ3n) is 11.7. The monoisotopic (exact) mass is 563 g/mol. The molecule has 6 fully saturated rings. The first-order valence-corrected chi connectivity index (χ1v) is 16.4. The predicted octanol–water partition coefficient (Wildman–Crippen LogP) is 4.83. The number of amides is 2. The van der Waals surface area contributed by atoms with Gasteiger partial charge in [0.2, 0.25) is 11.8 Å².